The standard InChI is InChI=1S/C16H9Cl3N2OS/c17-10-3-1-9(2-4-10)7-14-15(22)21-16(23-14)20-13-6-5-11(18)8-12(13)19/h1-8H,(H,20,21,22)/b14-7-. The van der Waals surface area contributed by atoms with E-state index in [1.54, 1.807) is 36.4 Å². The van der Waals surface area contributed by atoms with Crippen LogP contribution in [0.4, 0.5) is 5.69 Å². The van der Waals surface area contributed by atoms with Gasteiger partial charge in [-0.15, -0.1) is 0 Å². The molecule has 7 heteroatoms. The Balaban J connectivity index is 1.84. The van der Waals surface area contributed by atoms with Gasteiger partial charge in [-0.05, 0) is 53.7 Å². The number of rotatable bonds is 2. The molecule has 3 rings (SSSR count). The van der Waals surface area contributed by atoms with Gasteiger partial charge in [-0.25, -0.2) is 4.99 Å². The molecule has 0 aromatic heterocycles. The molecular weight excluding hydrogens is 375 g/mol. The van der Waals surface area contributed by atoms with E-state index in [2.05, 4.69) is 10.3 Å². The molecule has 1 saturated heterocycles. The minimum atomic E-state index is -0.200. The Bertz CT molecular complexity index is 832. The zero-order chi connectivity index (χ0) is 16.4. The van der Waals surface area contributed by atoms with Gasteiger partial charge in [0.05, 0.1) is 15.6 Å². The monoisotopic (exact) mass is 382 g/mol. The van der Waals surface area contributed by atoms with Gasteiger partial charge in [0.25, 0.3) is 5.91 Å². The number of carbonyl (C=O) groups is 1. The highest BCUT2D eigenvalue weighted by Crippen LogP contribution is 2.32. The Hall–Kier alpha value is -1.46. The van der Waals surface area contributed by atoms with Crippen LogP contribution in [-0.4, -0.2) is 11.1 Å². The smallest absolute Gasteiger partial charge is 0.264 e. The second-order valence-corrected chi connectivity index (χ2v) is 6.94. The molecule has 2 aromatic rings. The molecule has 0 bridgehead atoms. The highest BCUT2D eigenvalue weighted by molar-refractivity contribution is 8.18. The van der Waals surface area contributed by atoms with Crippen LogP contribution in [-0.2, 0) is 4.79 Å². The van der Waals surface area contributed by atoms with Crippen LogP contribution in [0, 0.1) is 0 Å². The Kier molecular flexibility index (Phi) is 4.97. The van der Waals surface area contributed by atoms with Crippen molar-refractivity contribution in [1.82, 2.24) is 5.32 Å². The molecule has 1 amide bonds. The van der Waals surface area contributed by atoms with E-state index in [-0.39, 0.29) is 5.91 Å². The molecule has 0 saturated carbocycles. The third-order valence-electron chi connectivity index (χ3n) is 2.95. The predicted octanol–water partition coefficient (Wildman–Crippen LogP) is 5.54. The van der Waals surface area contributed by atoms with Crippen molar-refractivity contribution in [2.24, 2.45) is 4.99 Å². The lowest BCUT2D eigenvalue weighted by molar-refractivity contribution is -0.115. The first kappa shape index (κ1) is 16.4. The molecule has 0 radical (unpaired) electrons. The van der Waals surface area contributed by atoms with Crippen LogP contribution in [0.2, 0.25) is 15.1 Å². The summed E-state index contributed by atoms with van der Waals surface area (Å²) in [6.07, 6.45) is 1.78. The molecule has 1 fully saturated rings. The first-order valence-corrected chi connectivity index (χ1v) is 8.46. The summed E-state index contributed by atoms with van der Waals surface area (Å²) in [7, 11) is 0. The van der Waals surface area contributed by atoms with E-state index < -0.39 is 0 Å². The normalized spacial score (nSPS) is 17.8. The highest BCUT2D eigenvalue weighted by atomic mass is 35.5. The van der Waals surface area contributed by atoms with Crippen LogP contribution in [0.5, 0.6) is 0 Å². The fourth-order valence-electron chi connectivity index (χ4n) is 1.87. The van der Waals surface area contributed by atoms with Gasteiger partial charge >= 0.3 is 0 Å². The number of thioether (sulfide) groups is 1. The molecule has 2 aromatic carbocycles. The molecule has 0 atom stereocenters. The number of benzene rings is 2. The maximum Gasteiger partial charge on any atom is 0.264 e. The summed E-state index contributed by atoms with van der Waals surface area (Å²) in [6.45, 7) is 0. The van der Waals surface area contributed by atoms with Gasteiger partial charge in [-0.2, -0.15) is 0 Å². The molecular formula is C16H9Cl3N2OS. The van der Waals surface area contributed by atoms with Crippen LogP contribution in [0.1, 0.15) is 5.56 Å². The molecule has 116 valence electrons. The molecule has 1 aliphatic rings. The summed E-state index contributed by atoms with van der Waals surface area (Å²) in [6, 6.07) is 12.2. The molecule has 23 heavy (non-hydrogen) atoms. The summed E-state index contributed by atoms with van der Waals surface area (Å²) < 4.78 is 0. The van der Waals surface area contributed by atoms with E-state index in [4.69, 9.17) is 34.8 Å². The number of hydrogen-bond acceptors (Lipinski definition) is 3. The van der Waals surface area contributed by atoms with Gasteiger partial charge in [0.1, 0.15) is 0 Å². The van der Waals surface area contributed by atoms with Crippen LogP contribution in [0.3, 0.4) is 0 Å². The SMILES string of the molecule is O=C1NC(=Nc2ccc(Cl)cc2Cl)S/C1=C\c1ccc(Cl)cc1. The summed E-state index contributed by atoms with van der Waals surface area (Å²) in [4.78, 5) is 16.9. The summed E-state index contributed by atoms with van der Waals surface area (Å²) in [5, 5.41) is 4.79. The lowest BCUT2D eigenvalue weighted by Crippen LogP contribution is -2.19. The van der Waals surface area contributed by atoms with Crippen molar-refractivity contribution in [3.63, 3.8) is 0 Å². The van der Waals surface area contributed by atoms with Crippen LogP contribution in [0.25, 0.3) is 6.08 Å². The third-order valence-corrected chi connectivity index (χ3v) is 4.65. The van der Waals surface area contributed by atoms with Gasteiger partial charge in [-0.3, -0.25) is 4.79 Å². The molecule has 0 spiro atoms. The number of hydrogen-bond donors (Lipinski definition) is 1. The van der Waals surface area contributed by atoms with Crippen LogP contribution < -0.4 is 5.32 Å². The Morgan fingerprint density at radius 1 is 1.00 bits per heavy atom. The third kappa shape index (κ3) is 4.09. The van der Waals surface area contributed by atoms with E-state index in [1.165, 1.54) is 11.8 Å². The Morgan fingerprint density at radius 3 is 2.39 bits per heavy atom. The average molecular weight is 384 g/mol. The number of nitrogens with one attached hydrogen (secondary N) is 1. The van der Waals surface area contributed by atoms with Crippen LogP contribution >= 0.6 is 46.6 Å². The van der Waals surface area contributed by atoms with E-state index >= 15 is 0 Å². The Labute approximate surface area is 152 Å². The number of amides is 1. The van der Waals surface area contributed by atoms with Crippen LogP contribution in [0.15, 0.2) is 52.4 Å². The van der Waals surface area contributed by atoms with Gasteiger partial charge < -0.3 is 5.32 Å². The van der Waals surface area contributed by atoms with Gasteiger partial charge in [0.2, 0.25) is 0 Å². The minimum absolute atomic E-state index is 0.200. The number of aliphatic imine (C=N–C) groups is 1. The number of halogens is 3. The second-order valence-electron chi connectivity index (χ2n) is 4.63. The van der Waals surface area contributed by atoms with Gasteiger partial charge in [-0.1, -0.05) is 46.9 Å². The maximum atomic E-state index is 12.0. The first-order chi connectivity index (χ1) is 11.0. The summed E-state index contributed by atoms with van der Waals surface area (Å²) >= 11 is 19.0. The van der Waals surface area contributed by atoms with Gasteiger partial charge in [0.15, 0.2) is 5.17 Å². The van der Waals surface area contributed by atoms with Crippen molar-refractivity contribution in [3.8, 4) is 0 Å². The van der Waals surface area contributed by atoms with E-state index in [1.807, 2.05) is 12.1 Å². The molecule has 3 nitrogen and oxygen atoms in total. The van der Waals surface area contributed by atoms with Crippen molar-refractivity contribution in [3.05, 3.63) is 68.0 Å². The van der Waals surface area contributed by atoms with E-state index in [0.29, 0.717) is 30.8 Å². The molecule has 1 heterocycles. The summed E-state index contributed by atoms with van der Waals surface area (Å²) in [5.74, 6) is -0.200. The molecule has 1 N–H and O–H groups in total. The largest absolute Gasteiger partial charge is 0.300 e. The van der Waals surface area contributed by atoms with Crippen molar-refractivity contribution in [2.75, 3.05) is 0 Å². The highest BCUT2D eigenvalue weighted by Gasteiger charge is 2.24. The Morgan fingerprint density at radius 2 is 1.70 bits per heavy atom. The predicted molar refractivity (Wildman–Crippen MR) is 98.7 cm³/mol. The van der Waals surface area contributed by atoms with Crippen molar-refractivity contribution < 1.29 is 4.79 Å². The fraction of sp³-hybridized carbons (Fsp3) is 0. The lowest BCUT2D eigenvalue weighted by Gasteiger charge is -1.99. The lowest BCUT2D eigenvalue weighted by atomic mass is 10.2. The summed E-state index contributed by atoms with van der Waals surface area (Å²) in [5.41, 5.74) is 1.43. The fourth-order valence-corrected chi connectivity index (χ4v) is 3.28. The van der Waals surface area contributed by atoms with Crippen molar-refractivity contribution in [2.45, 2.75) is 0 Å². The van der Waals surface area contributed by atoms with E-state index in [9.17, 15) is 4.79 Å². The first-order valence-electron chi connectivity index (χ1n) is 6.51. The number of nitrogens with zero attached hydrogens (tertiary/aromatic N) is 1. The van der Waals surface area contributed by atoms with E-state index in [0.717, 1.165) is 5.56 Å². The van der Waals surface area contributed by atoms with Crippen molar-refractivity contribution >= 4 is 69.4 Å². The molecule has 0 unspecified atom stereocenters. The zero-order valence-corrected chi connectivity index (χ0v) is 14.6. The molecule has 0 aliphatic carbocycles. The maximum absolute atomic E-state index is 12.0. The van der Waals surface area contributed by atoms with Crippen molar-refractivity contribution in [1.29, 1.82) is 0 Å². The topological polar surface area (TPSA) is 41.5 Å². The number of amidine groups is 1. The zero-order valence-electron chi connectivity index (χ0n) is 11.5. The van der Waals surface area contributed by atoms with Gasteiger partial charge in [0, 0.05) is 10.0 Å². The second kappa shape index (κ2) is 6.97. The number of carbonyl (C=O) groups excluding carboxylic acids is 1. The quantitative estimate of drug-likeness (QED) is 0.692. The minimum Gasteiger partial charge on any atom is -0.300 e. The molecule has 1 aliphatic heterocycles. The average Bonchev–Trinajstić information content (AvgIpc) is 2.84.